The molecule has 0 N–H and O–H groups in total. The van der Waals surface area contributed by atoms with E-state index in [2.05, 4.69) is 5.10 Å². The lowest BCUT2D eigenvalue weighted by Crippen LogP contribution is -2.21. The van der Waals surface area contributed by atoms with E-state index in [4.69, 9.17) is 0 Å². The van der Waals surface area contributed by atoms with Gasteiger partial charge in [0, 0.05) is 11.1 Å². The van der Waals surface area contributed by atoms with Gasteiger partial charge in [0.05, 0.1) is 5.69 Å². The highest BCUT2D eigenvalue weighted by Crippen LogP contribution is 2.27. The molecule has 0 aliphatic rings. The van der Waals surface area contributed by atoms with Crippen LogP contribution in [0.1, 0.15) is 51.9 Å². The van der Waals surface area contributed by atoms with Crippen LogP contribution in [0.25, 0.3) is 0 Å². The van der Waals surface area contributed by atoms with Gasteiger partial charge in [0.1, 0.15) is 6.54 Å². The lowest BCUT2D eigenvalue weighted by Gasteiger charge is -2.14. The largest absolute Gasteiger partial charge is 0.408 e. The van der Waals surface area contributed by atoms with E-state index in [0.29, 0.717) is 11.4 Å². The third-order valence-electron chi connectivity index (χ3n) is 2.50. The molecule has 0 radical (unpaired) electrons. The van der Waals surface area contributed by atoms with Crippen molar-refractivity contribution in [1.82, 2.24) is 9.78 Å². The maximum Gasteiger partial charge on any atom is 0.408 e. The van der Waals surface area contributed by atoms with Crippen molar-refractivity contribution in [3.63, 3.8) is 0 Å². The molecule has 1 heterocycles. The summed E-state index contributed by atoms with van der Waals surface area (Å²) in [6.07, 6.45) is -4.23. The number of aromatic nitrogens is 2. The first-order valence-corrected chi connectivity index (χ1v) is 5.65. The monoisotopic (exact) mass is 248 g/mol. The standard InChI is InChI=1S/C12H19F3N2/c1-8(2)9-6-10(11(3,4)5)16-17(9)7-12(13,14)15/h6,8H,7H2,1-5H3. The van der Waals surface area contributed by atoms with Crippen molar-refractivity contribution in [2.24, 2.45) is 0 Å². The molecule has 0 aliphatic carbocycles. The molecule has 0 atom stereocenters. The van der Waals surface area contributed by atoms with Crippen molar-refractivity contribution < 1.29 is 13.2 Å². The van der Waals surface area contributed by atoms with Gasteiger partial charge >= 0.3 is 6.18 Å². The fourth-order valence-corrected chi connectivity index (χ4v) is 1.56. The smallest absolute Gasteiger partial charge is 0.260 e. The van der Waals surface area contributed by atoms with Gasteiger partial charge in [0.25, 0.3) is 0 Å². The van der Waals surface area contributed by atoms with Crippen LogP contribution in [0.4, 0.5) is 13.2 Å². The highest BCUT2D eigenvalue weighted by Gasteiger charge is 2.31. The van der Waals surface area contributed by atoms with Crippen LogP contribution in [0, 0.1) is 0 Å². The molecule has 2 nitrogen and oxygen atoms in total. The van der Waals surface area contributed by atoms with E-state index in [9.17, 15) is 13.2 Å². The van der Waals surface area contributed by atoms with Gasteiger partial charge in [0.2, 0.25) is 0 Å². The van der Waals surface area contributed by atoms with Crippen LogP contribution in [0.2, 0.25) is 0 Å². The van der Waals surface area contributed by atoms with E-state index in [-0.39, 0.29) is 11.3 Å². The van der Waals surface area contributed by atoms with E-state index in [0.717, 1.165) is 4.68 Å². The molecule has 1 aromatic heterocycles. The van der Waals surface area contributed by atoms with E-state index in [1.807, 2.05) is 34.6 Å². The number of halogens is 3. The molecule has 0 spiro atoms. The lowest BCUT2D eigenvalue weighted by atomic mass is 9.92. The van der Waals surface area contributed by atoms with E-state index >= 15 is 0 Å². The van der Waals surface area contributed by atoms with Gasteiger partial charge in [-0.25, -0.2) is 0 Å². The normalized spacial score (nSPS) is 13.5. The Hall–Kier alpha value is -1.00. The summed E-state index contributed by atoms with van der Waals surface area (Å²) < 4.78 is 38.4. The molecule has 0 amide bonds. The summed E-state index contributed by atoms with van der Waals surface area (Å²) in [5.74, 6) is 0.0287. The Labute approximate surface area is 99.8 Å². The molecule has 1 rings (SSSR count). The fourth-order valence-electron chi connectivity index (χ4n) is 1.56. The van der Waals surface area contributed by atoms with Crippen LogP contribution in [0.3, 0.4) is 0 Å². The second-order valence-corrected chi connectivity index (χ2v) is 5.63. The van der Waals surface area contributed by atoms with Crippen LogP contribution in [-0.4, -0.2) is 16.0 Å². The number of alkyl halides is 3. The molecular weight excluding hydrogens is 229 g/mol. The maximum absolute atomic E-state index is 12.4. The topological polar surface area (TPSA) is 17.8 Å². The van der Waals surface area contributed by atoms with Gasteiger partial charge in [-0.15, -0.1) is 0 Å². The molecule has 0 aliphatic heterocycles. The van der Waals surface area contributed by atoms with Crippen molar-refractivity contribution in [3.8, 4) is 0 Å². The fraction of sp³-hybridized carbons (Fsp3) is 0.750. The number of rotatable bonds is 2. The van der Waals surface area contributed by atoms with Crippen LogP contribution < -0.4 is 0 Å². The molecule has 0 fully saturated rings. The van der Waals surface area contributed by atoms with E-state index in [1.54, 1.807) is 6.07 Å². The number of nitrogens with zero attached hydrogens (tertiary/aromatic N) is 2. The van der Waals surface area contributed by atoms with Crippen molar-refractivity contribution in [2.45, 2.75) is 58.7 Å². The van der Waals surface area contributed by atoms with Gasteiger partial charge in [-0.1, -0.05) is 34.6 Å². The Morgan fingerprint density at radius 2 is 1.76 bits per heavy atom. The summed E-state index contributed by atoms with van der Waals surface area (Å²) in [7, 11) is 0. The molecule has 0 aromatic carbocycles. The summed E-state index contributed by atoms with van der Waals surface area (Å²) in [6, 6.07) is 1.77. The molecule has 0 unspecified atom stereocenters. The van der Waals surface area contributed by atoms with Crippen molar-refractivity contribution in [3.05, 3.63) is 17.5 Å². The van der Waals surface area contributed by atoms with Gasteiger partial charge < -0.3 is 0 Å². The molecule has 17 heavy (non-hydrogen) atoms. The summed E-state index contributed by atoms with van der Waals surface area (Å²) in [5.41, 5.74) is 1.10. The van der Waals surface area contributed by atoms with Crippen molar-refractivity contribution >= 4 is 0 Å². The third-order valence-corrected chi connectivity index (χ3v) is 2.50. The van der Waals surface area contributed by atoms with Crippen molar-refractivity contribution in [2.75, 3.05) is 0 Å². The predicted molar refractivity (Wildman–Crippen MR) is 61.1 cm³/mol. The van der Waals surface area contributed by atoms with E-state index < -0.39 is 12.7 Å². The Kier molecular flexibility index (Phi) is 3.60. The summed E-state index contributed by atoms with van der Waals surface area (Å²) >= 11 is 0. The second-order valence-electron chi connectivity index (χ2n) is 5.63. The van der Waals surface area contributed by atoms with Crippen molar-refractivity contribution in [1.29, 1.82) is 0 Å². The zero-order chi connectivity index (χ0) is 13.4. The van der Waals surface area contributed by atoms with Crippen LogP contribution in [-0.2, 0) is 12.0 Å². The zero-order valence-electron chi connectivity index (χ0n) is 10.9. The Morgan fingerprint density at radius 1 is 1.24 bits per heavy atom. The van der Waals surface area contributed by atoms with Crippen LogP contribution in [0.15, 0.2) is 6.07 Å². The molecule has 0 bridgehead atoms. The number of hydrogen-bond acceptors (Lipinski definition) is 1. The molecule has 5 heteroatoms. The zero-order valence-corrected chi connectivity index (χ0v) is 10.9. The number of hydrogen-bond donors (Lipinski definition) is 0. The maximum atomic E-state index is 12.4. The van der Waals surface area contributed by atoms with Gasteiger partial charge in [-0.3, -0.25) is 4.68 Å². The Balaban J connectivity index is 3.15. The summed E-state index contributed by atoms with van der Waals surface area (Å²) in [5, 5.41) is 4.08. The van der Waals surface area contributed by atoms with E-state index in [1.165, 1.54) is 0 Å². The second kappa shape index (κ2) is 4.35. The third kappa shape index (κ3) is 3.75. The summed E-state index contributed by atoms with van der Waals surface area (Å²) in [4.78, 5) is 0. The Bertz CT molecular complexity index is 383. The average molecular weight is 248 g/mol. The molecule has 0 saturated carbocycles. The van der Waals surface area contributed by atoms with Crippen LogP contribution >= 0.6 is 0 Å². The first-order valence-electron chi connectivity index (χ1n) is 5.65. The first kappa shape index (κ1) is 14.1. The minimum atomic E-state index is -4.23. The van der Waals surface area contributed by atoms with Gasteiger partial charge in [-0.05, 0) is 12.0 Å². The SMILES string of the molecule is CC(C)c1cc(C(C)(C)C)nn1CC(F)(F)F. The molecular formula is C12H19F3N2. The van der Waals surface area contributed by atoms with Gasteiger partial charge in [0.15, 0.2) is 0 Å². The predicted octanol–water partition coefficient (Wildman–Crippen LogP) is 3.87. The highest BCUT2D eigenvalue weighted by atomic mass is 19.4. The minimum absolute atomic E-state index is 0.0287. The minimum Gasteiger partial charge on any atom is -0.260 e. The Morgan fingerprint density at radius 3 is 2.12 bits per heavy atom. The molecule has 98 valence electrons. The molecule has 0 saturated heterocycles. The average Bonchev–Trinajstić information content (AvgIpc) is 2.43. The lowest BCUT2D eigenvalue weighted by molar-refractivity contribution is -0.143. The first-order chi connectivity index (χ1) is 7.50. The van der Waals surface area contributed by atoms with Crippen LogP contribution in [0.5, 0.6) is 0 Å². The quantitative estimate of drug-likeness (QED) is 0.777. The molecule has 1 aromatic rings. The van der Waals surface area contributed by atoms with Gasteiger partial charge in [-0.2, -0.15) is 18.3 Å². The summed E-state index contributed by atoms with van der Waals surface area (Å²) in [6.45, 7) is 8.55. The highest BCUT2D eigenvalue weighted by molar-refractivity contribution is 5.19.